The Hall–Kier alpha value is -0.720. The van der Waals surface area contributed by atoms with Crippen LogP contribution >= 0.6 is 47.8 Å². The van der Waals surface area contributed by atoms with Crippen molar-refractivity contribution < 1.29 is 9.18 Å². The molecule has 0 saturated carbocycles. The molecular formula is C14H9Br3FNO. The summed E-state index contributed by atoms with van der Waals surface area (Å²) in [6.45, 7) is 1.80. The van der Waals surface area contributed by atoms with Gasteiger partial charge in [0.2, 0.25) is 0 Å². The third kappa shape index (κ3) is 3.48. The maximum Gasteiger partial charge on any atom is 0.256 e. The molecule has 0 aromatic heterocycles. The Bertz CT molecular complexity index is 688. The molecule has 0 bridgehead atoms. The number of anilines is 1. The zero-order chi connectivity index (χ0) is 14.9. The molecule has 1 amide bonds. The largest absolute Gasteiger partial charge is 0.322 e. The van der Waals surface area contributed by atoms with Gasteiger partial charge in [0.05, 0.1) is 10.0 Å². The predicted octanol–water partition coefficient (Wildman–Crippen LogP) is 5.67. The van der Waals surface area contributed by atoms with E-state index in [0.717, 1.165) is 10.0 Å². The first-order valence-corrected chi connectivity index (χ1v) is 7.98. The molecule has 0 aliphatic heterocycles. The Morgan fingerprint density at radius 3 is 2.50 bits per heavy atom. The average Bonchev–Trinajstić information content (AvgIpc) is 2.38. The smallest absolute Gasteiger partial charge is 0.256 e. The van der Waals surface area contributed by atoms with Crippen LogP contribution in [-0.4, -0.2) is 5.91 Å². The van der Waals surface area contributed by atoms with Crippen molar-refractivity contribution in [1.82, 2.24) is 0 Å². The molecular weight excluding hydrogens is 457 g/mol. The minimum absolute atomic E-state index is 0.303. The van der Waals surface area contributed by atoms with Gasteiger partial charge >= 0.3 is 0 Å². The van der Waals surface area contributed by atoms with Crippen molar-refractivity contribution in [2.75, 3.05) is 5.32 Å². The zero-order valence-electron chi connectivity index (χ0n) is 10.3. The fourth-order valence-corrected chi connectivity index (χ4v) is 2.89. The lowest BCUT2D eigenvalue weighted by atomic mass is 10.1. The Labute approximate surface area is 141 Å². The number of halogens is 4. The molecule has 0 unspecified atom stereocenters. The van der Waals surface area contributed by atoms with Gasteiger partial charge in [-0.3, -0.25) is 4.79 Å². The molecule has 0 aliphatic carbocycles. The van der Waals surface area contributed by atoms with E-state index in [1.165, 1.54) is 6.07 Å². The van der Waals surface area contributed by atoms with Crippen molar-refractivity contribution in [3.05, 3.63) is 60.7 Å². The molecule has 20 heavy (non-hydrogen) atoms. The van der Waals surface area contributed by atoms with E-state index in [1.807, 2.05) is 6.07 Å². The standard InChI is InChI=1S/C14H9Br3FNO/c1-7-4-11(17)12(18)6-13(7)19-14(20)9-5-8(15)2-3-10(9)16/h2-6H,1H3,(H,19,20). The highest BCUT2D eigenvalue weighted by Gasteiger charge is 2.13. The molecule has 2 rings (SSSR count). The number of hydrogen-bond acceptors (Lipinski definition) is 1. The van der Waals surface area contributed by atoms with Crippen LogP contribution in [0.25, 0.3) is 0 Å². The summed E-state index contributed by atoms with van der Waals surface area (Å²) >= 11 is 9.76. The van der Waals surface area contributed by atoms with Gasteiger partial charge in [-0.1, -0.05) is 15.9 Å². The van der Waals surface area contributed by atoms with Crippen molar-refractivity contribution in [2.45, 2.75) is 6.92 Å². The molecule has 2 aromatic rings. The molecule has 0 fully saturated rings. The van der Waals surface area contributed by atoms with Crippen molar-refractivity contribution >= 4 is 59.4 Å². The van der Waals surface area contributed by atoms with E-state index in [1.54, 1.807) is 25.1 Å². The van der Waals surface area contributed by atoms with Crippen LogP contribution in [-0.2, 0) is 0 Å². The molecule has 0 spiro atoms. The van der Waals surface area contributed by atoms with Gasteiger partial charge < -0.3 is 5.32 Å². The topological polar surface area (TPSA) is 29.1 Å². The number of hydrogen-bond donors (Lipinski definition) is 1. The van der Waals surface area contributed by atoms with Crippen LogP contribution in [0.1, 0.15) is 15.9 Å². The molecule has 1 N–H and O–H groups in total. The van der Waals surface area contributed by atoms with Crippen LogP contribution in [0.15, 0.2) is 43.7 Å². The third-order valence-corrected chi connectivity index (χ3v) is 4.48. The van der Waals surface area contributed by atoms with Crippen molar-refractivity contribution in [2.24, 2.45) is 0 Å². The van der Waals surface area contributed by atoms with Crippen molar-refractivity contribution in [3.8, 4) is 0 Å². The van der Waals surface area contributed by atoms with Crippen molar-refractivity contribution in [3.63, 3.8) is 0 Å². The van der Waals surface area contributed by atoms with E-state index >= 15 is 0 Å². The fourth-order valence-electron chi connectivity index (χ4n) is 1.64. The molecule has 0 saturated heterocycles. The second kappa shape index (κ2) is 6.37. The minimum Gasteiger partial charge on any atom is -0.322 e. The molecule has 2 aromatic carbocycles. The SMILES string of the molecule is Cc1cc(Br)c(F)cc1NC(=O)c1cc(Br)ccc1Br. The van der Waals surface area contributed by atoms with Crippen LogP contribution in [0.3, 0.4) is 0 Å². The van der Waals surface area contributed by atoms with Gasteiger partial charge in [0.25, 0.3) is 5.91 Å². The monoisotopic (exact) mass is 463 g/mol. The number of carbonyl (C=O) groups is 1. The second-order valence-electron chi connectivity index (χ2n) is 4.16. The first-order chi connectivity index (χ1) is 9.38. The van der Waals surface area contributed by atoms with Crippen LogP contribution < -0.4 is 5.32 Å². The molecule has 6 heteroatoms. The third-order valence-electron chi connectivity index (χ3n) is 2.69. The zero-order valence-corrected chi connectivity index (χ0v) is 15.1. The molecule has 104 valence electrons. The lowest BCUT2D eigenvalue weighted by Gasteiger charge is -2.11. The summed E-state index contributed by atoms with van der Waals surface area (Å²) in [6, 6.07) is 8.22. The van der Waals surface area contributed by atoms with Gasteiger partial charge in [0.15, 0.2) is 0 Å². The maximum atomic E-state index is 13.5. The molecule has 0 atom stereocenters. The Morgan fingerprint density at radius 2 is 1.80 bits per heavy atom. The van der Waals surface area contributed by atoms with E-state index in [0.29, 0.717) is 20.2 Å². The maximum absolute atomic E-state index is 13.5. The summed E-state index contributed by atoms with van der Waals surface area (Å²) in [5.41, 5.74) is 1.70. The summed E-state index contributed by atoms with van der Waals surface area (Å²) in [6.07, 6.45) is 0. The Kier molecular flexibility index (Phi) is 4.99. The summed E-state index contributed by atoms with van der Waals surface area (Å²) in [7, 11) is 0. The second-order valence-corrected chi connectivity index (χ2v) is 6.78. The average molecular weight is 466 g/mol. The van der Waals surface area contributed by atoms with Gasteiger partial charge in [-0.2, -0.15) is 0 Å². The minimum atomic E-state index is -0.417. The molecule has 0 heterocycles. The number of rotatable bonds is 2. The number of amides is 1. The molecule has 0 radical (unpaired) electrons. The highest BCUT2D eigenvalue weighted by atomic mass is 79.9. The summed E-state index contributed by atoms with van der Waals surface area (Å²) in [4.78, 5) is 12.2. The van der Waals surface area contributed by atoms with E-state index in [4.69, 9.17) is 0 Å². The lowest BCUT2D eigenvalue weighted by molar-refractivity contribution is 0.102. The number of benzene rings is 2. The summed E-state index contributed by atoms with van der Waals surface area (Å²) < 4.78 is 15.4. The van der Waals surface area contributed by atoms with Crippen molar-refractivity contribution in [1.29, 1.82) is 0 Å². The number of aryl methyl sites for hydroxylation is 1. The first-order valence-electron chi connectivity index (χ1n) is 5.60. The van der Waals surface area contributed by atoms with Crippen LogP contribution in [0.2, 0.25) is 0 Å². The van der Waals surface area contributed by atoms with E-state index in [2.05, 4.69) is 53.1 Å². The molecule has 2 nitrogen and oxygen atoms in total. The first kappa shape index (κ1) is 15.7. The van der Waals surface area contributed by atoms with Gasteiger partial charge in [-0.15, -0.1) is 0 Å². The Balaban J connectivity index is 2.32. The number of nitrogens with one attached hydrogen (secondary N) is 1. The summed E-state index contributed by atoms with van der Waals surface area (Å²) in [5, 5.41) is 2.71. The summed E-state index contributed by atoms with van der Waals surface area (Å²) in [5.74, 6) is -0.720. The van der Waals surface area contributed by atoms with E-state index in [-0.39, 0.29) is 5.91 Å². The predicted molar refractivity (Wildman–Crippen MR) is 88.6 cm³/mol. The highest BCUT2D eigenvalue weighted by molar-refractivity contribution is 9.11. The van der Waals surface area contributed by atoms with Crippen LogP contribution in [0.4, 0.5) is 10.1 Å². The molecule has 0 aliphatic rings. The van der Waals surface area contributed by atoms with Gasteiger partial charge in [0, 0.05) is 14.6 Å². The van der Waals surface area contributed by atoms with Crippen LogP contribution in [0, 0.1) is 12.7 Å². The van der Waals surface area contributed by atoms with E-state index < -0.39 is 5.82 Å². The quantitative estimate of drug-likeness (QED) is 0.608. The van der Waals surface area contributed by atoms with Gasteiger partial charge in [-0.25, -0.2) is 4.39 Å². The van der Waals surface area contributed by atoms with Gasteiger partial charge in [-0.05, 0) is 74.7 Å². The number of carbonyl (C=O) groups excluding carboxylic acids is 1. The normalized spacial score (nSPS) is 10.4. The Morgan fingerprint density at radius 1 is 1.10 bits per heavy atom. The highest BCUT2D eigenvalue weighted by Crippen LogP contribution is 2.26. The van der Waals surface area contributed by atoms with Crippen LogP contribution in [0.5, 0.6) is 0 Å². The lowest BCUT2D eigenvalue weighted by Crippen LogP contribution is -2.13. The fraction of sp³-hybridized carbons (Fsp3) is 0.0714. The van der Waals surface area contributed by atoms with Gasteiger partial charge in [0.1, 0.15) is 5.82 Å². The van der Waals surface area contributed by atoms with E-state index in [9.17, 15) is 9.18 Å².